The Hall–Kier alpha value is -3.98. The van der Waals surface area contributed by atoms with E-state index in [0.717, 1.165) is 15.8 Å². The Morgan fingerprint density at radius 3 is 2.62 bits per heavy atom. The summed E-state index contributed by atoms with van der Waals surface area (Å²) in [5, 5.41) is 4.84. The molecular formula is C23H20N4O4S. The number of benzene rings is 2. The van der Waals surface area contributed by atoms with Crippen molar-refractivity contribution in [3.63, 3.8) is 0 Å². The zero-order chi connectivity index (χ0) is 22.5. The molecule has 0 saturated heterocycles. The van der Waals surface area contributed by atoms with Crippen LogP contribution in [-0.4, -0.2) is 34.6 Å². The van der Waals surface area contributed by atoms with Crippen LogP contribution in [0, 0.1) is 0 Å². The first-order valence-corrected chi connectivity index (χ1v) is 10.8. The molecule has 0 aliphatic rings. The highest BCUT2D eigenvalue weighted by molar-refractivity contribution is 7.17. The number of carbonyl (C=O) groups excluding carboxylic acids is 2. The molecular weight excluding hydrogens is 428 g/mol. The van der Waals surface area contributed by atoms with Gasteiger partial charge in [-0.15, -0.1) is 11.3 Å². The van der Waals surface area contributed by atoms with Crippen LogP contribution in [0.1, 0.15) is 17.3 Å². The monoisotopic (exact) mass is 448 g/mol. The number of nitrogens with zero attached hydrogens (tertiary/aromatic N) is 2. The number of fused-ring (bicyclic) bond motifs is 1. The predicted octanol–water partition coefficient (Wildman–Crippen LogP) is 3.02. The summed E-state index contributed by atoms with van der Waals surface area (Å²) in [6.07, 6.45) is 1.26. The molecule has 0 unspecified atom stereocenters. The molecule has 2 aromatic carbocycles. The number of nitrogens with one attached hydrogen (secondary N) is 2. The van der Waals surface area contributed by atoms with Gasteiger partial charge in [0.05, 0.1) is 24.1 Å². The fraction of sp³-hybridized carbons (Fsp3) is 0.130. The molecule has 0 atom stereocenters. The van der Waals surface area contributed by atoms with Crippen LogP contribution in [0.4, 0.5) is 0 Å². The summed E-state index contributed by atoms with van der Waals surface area (Å²) in [6.45, 7) is 1.91. The lowest BCUT2D eigenvalue weighted by atomic mass is 10.1. The Kier molecular flexibility index (Phi) is 6.27. The van der Waals surface area contributed by atoms with Crippen LogP contribution in [0.5, 0.6) is 5.75 Å². The van der Waals surface area contributed by atoms with Gasteiger partial charge in [0, 0.05) is 10.9 Å². The number of hydrogen-bond donors (Lipinski definition) is 2. The van der Waals surface area contributed by atoms with Crippen molar-refractivity contribution in [3.05, 3.63) is 82.2 Å². The third-order valence-electron chi connectivity index (χ3n) is 4.67. The second-order valence-electron chi connectivity index (χ2n) is 6.76. The molecule has 4 aromatic rings. The van der Waals surface area contributed by atoms with E-state index in [2.05, 4.69) is 15.7 Å². The Morgan fingerprint density at radius 2 is 1.84 bits per heavy atom. The van der Waals surface area contributed by atoms with Crippen LogP contribution < -0.4 is 21.0 Å². The van der Waals surface area contributed by atoms with E-state index in [1.54, 1.807) is 24.3 Å². The normalized spacial score (nSPS) is 10.7. The minimum atomic E-state index is -0.563. The average molecular weight is 449 g/mol. The van der Waals surface area contributed by atoms with Crippen LogP contribution in [0.2, 0.25) is 0 Å². The van der Waals surface area contributed by atoms with Gasteiger partial charge in [0.15, 0.2) is 0 Å². The van der Waals surface area contributed by atoms with Crippen molar-refractivity contribution in [2.75, 3.05) is 18.6 Å². The van der Waals surface area contributed by atoms with Crippen molar-refractivity contribution >= 4 is 33.4 Å². The number of para-hydroxylation sites is 1. The van der Waals surface area contributed by atoms with Crippen LogP contribution in [0.25, 0.3) is 21.3 Å². The Balaban J connectivity index is 1.49. The molecule has 2 amide bonds. The molecule has 162 valence electrons. The Morgan fingerprint density at radius 1 is 1.09 bits per heavy atom. The van der Waals surface area contributed by atoms with Gasteiger partial charge in [0.2, 0.25) is 0 Å². The summed E-state index contributed by atoms with van der Waals surface area (Å²) in [5.74, 6) is -0.578. The molecule has 4 rings (SSSR count). The van der Waals surface area contributed by atoms with E-state index in [0.29, 0.717) is 28.1 Å². The SMILES string of the molecule is CCOc1ccccc1C(=O)NCC(=O)Nn1cnc2scc(-c3ccccc3)c2c1=O. The largest absolute Gasteiger partial charge is 0.493 e. The lowest BCUT2D eigenvalue weighted by molar-refractivity contribution is -0.116. The molecule has 9 heteroatoms. The molecule has 32 heavy (non-hydrogen) atoms. The second-order valence-corrected chi connectivity index (χ2v) is 7.62. The average Bonchev–Trinajstić information content (AvgIpc) is 3.25. The maximum Gasteiger partial charge on any atom is 0.281 e. The molecule has 0 saturated carbocycles. The van der Waals surface area contributed by atoms with Gasteiger partial charge < -0.3 is 10.1 Å². The van der Waals surface area contributed by atoms with Gasteiger partial charge in [-0.1, -0.05) is 42.5 Å². The van der Waals surface area contributed by atoms with Crippen molar-refractivity contribution in [3.8, 4) is 16.9 Å². The summed E-state index contributed by atoms with van der Waals surface area (Å²) in [4.78, 5) is 42.7. The lowest BCUT2D eigenvalue weighted by Gasteiger charge is -2.11. The van der Waals surface area contributed by atoms with Crippen molar-refractivity contribution in [1.29, 1.82) is 0 Å². The van der Waals surface area contributed by atoms with E-state index < -0.39 is 17.4 Å². The summed E-state index contributed by atoms with van der Waals surface area (Å²) in [7, 11) is 0. The van der Waals surface area contributed by atoms with E-state index in [-0.39, 0.29) is 6.54 Å². The fourth-order valence-corrected chi connectivity index (χ4v) is 4.11. The zero-order valence-electron chi connectivity index (χ0n) is 17.2. The molecule has 0 spiro atoms. The summed E-state index contributed by atoms with van der Waals surface area (Å²) >= 11 is 1.36. The number of carbonyl (C=O) groups is 2. The van der Waals surface area contributed by atoms with Crippen molar-refractivity contribution in [1.82, 2.24) is 15.0 Å². The van der Waals surface area contributed by atoms with Gasteiger partial charge in [-0.2, -0.15) is 0 Å². The molecule has 0 radical (unpaired) electrons. The first-order chi connectivity index (χ1) is 15.6. The van der Waals surface area contributed by atoms with E-state index >= 15 is 0 Å². The highest BCUT2D eigenvalue weighted by Gasteiger charge is 2.16. The number of hydrogen-bond acceptors (Lipinski definition) is 6. The number of amides is 2. The smallest absolute Gasteiger partial charge is 0.281 e. The quantitative estimate of drug-likeness (QED) is 0.453. The highest BCUT2D eigenvalue weighted by Crippen LogP contribution is 2.30. The van der Waals surface area contributed by atoms with Crippen molar-refractivity contribution in [2.24, 2.45) is 0 Å². The fourth-order valence-electron chi connectivity index (χ4n) is 3.21. The number of thiophene rings is 1. The third-order valence-corrected chi connectivity index (χ3v) is 5.55. The van der Waals surface area contributed by atoms with Gasteiger partial charge >= 0.3 is 0 Å². The first-order valence-electron chi connectivity index (χ1n) is 9.92. The van der Waals surface area contributed by atoms with E-state index in [1.165, 1.54) is 17.7 Å². The van der Waals surface area contributed by atoms with E-state index in [4.69, 9.17) is 4.74 Å². The zero-order valence-corrected chi connectivity index (χ0v) is 18.0. The molecule has 2 N–H and O–H groups in total. The minimum absolute atomic E-state index is 0.320. The van der Waals surface area contributed by atoms with E-state index in [1.807, 2.05) is 42.6 Å². The molecule has 2 heterocycles. The second kappa shape index (κ2) is 9.44. The Labute approximate surface area is 187 Å². The van der Waals surface area contributed by atoms with Crippen LogP contribution in [-0.2, 0) is 4.79 Å². The topological polar surface area (TPSA) is 102 Å². The number of ether oxygens (including phenoxy) is 1. The molecule has 0 bridgehead atoms. The van der Waals surface area contributed by atoms with Crippen LogP contribution in [0.3, 0.4) is 0 Å². The summed E-state index contributed by atoms with van der Waals surface area (Å²) < 4.78 is 6.47. The third kappa shape index (κ3) is 4.37. The number of aromatic nitrogens is 2. The highest BCUT2D eigenvalue weighted by atomic mass is 32.1. The molecule has 2 aromatic heterocycles. The molecule has 0 aliphatic heterocycles. The molecule has 0 aliphatic carbocycles. The maximum atomic E-state index is 13.0. The standard InChI is InChI=1S/C23H20N4O4S/c1-2-31-18-11-7-6-10-16(18)21(29)24-12-19(28)26-27-14-25-22-20(23(27)30)17(13-32-22)15-8-4-3-5-9-15/h3-11,13-14H,2,12H2,1H3,(H,24,29)(H,26,28). The summed E-state index contributed by atoms with van der Waals surface area (Å²) in [6, 6.07) is 16.3. The molecule has 0 fully saturated rings. The van der Waals surface area contributed by atoms with Gasteiger partial charge in [-0.3, -0.25) is 19.8 Å². The van der Waals surface area contributed by atoms with Crippen LogP contribution in [0.15, 0.2) is 71.1 Å². The maximum absolute atomic E-state index is 13.0. The van der Waals surface area contributed by atoms with Gasteiger partial charge in [-0.25, -0.2) is 9.66 Å². The summed E-state index contributed by atoms with van der Waals surface area (Å²) in [5.41, 5.74) is 4.06. The first kappa shape index (κ1) is 21.3. The van der Waals surface area contributed by atoms with Gasteiger partial charge in [-0.05, 0) is 24.6 Å². The van der Waals surface area contributed by atoms with E-state index in [9.17, 15) is 14.4 Å². The van der Waals surface area contributed by atoms with Gasteiger partial charge in [0.25, 0.3) is 17.4 Å². The van der Waals surface area contributed by atoms with Crippen molar-refractivity contribution in [2.45, 2.75) is 6.92 Å². The lowest BCUT2D eigenvalue weighted by Crippen LogP contribution is -2.39. The number of rotatable bonds is 7. The predicted molar refractivity (Wildman–Crippen MR) is 124 cm³/mol. The minimum Gasteiger partial charge on any atom is -0.493 e. The van der Waals surface area contributed by atoms with Gasteiger partial charge in [0.1, 0.15) is 16.9 Å². The Bertz CT molecular complexity index is 1330. The van der Waals surface area contributed by atoms with Crippen LogP contribution >= 0.6 is 11.3 Å². The van der Waals surface area contributed by atoms with Crippen molar-refractivity contribution < 1.29 is 14.3 Å². The molecule has 8 nitrogen and oxygen atoms in total.